The summed E-state index contributed by atoms with van der Waals surface area (Å²) in [6.07, 6.45) is 17.5. The van der Waals surface area contributed by atoms with Crippen LogP contribution >= 0.6 is 0 Å². The third kappa shape index (κ3) is 13.1. The molecule has 0 aromatic heterocycles. The highest BCUT2D eigenvalue weighted by Crippen LogP contribution is 2.16. The Kier molecular flexibility index (Phi) is 14.1. The van der Waals surface area contributed by atoms with Gasteiger partial charge in [0.1, 0.15) is 5.75 Å². The lowest BCUT2D eigenvalue weighted by atomic mass is 10.1. The third-order valence-electron chi connectivity index (χ3n) is 4.49. The Balaban J connectivity index is 2.14. The lowest BCUT2D eigenvalue weighted by Crippen LogP contribution is -2.06. The third-order valence-corrected chi connectivity index (χ3v) is 4.49. The fraction of sp³-hybridized carbons (Fsp3) is 0.625. The first-order valence-electron chi connectivity index (χ1n) is 10.8. The van der Waals surface area contributed by atoms with E-state index in [-0.39, 0.29) is 5.97 Å². The molecule has 0 heterocycles. The van der Waals surface area contributed by atoms with Crippen molar-refractivity contribution in [1.82, 2.24) is 0 Å². The maximum Gasteiger partial charge on any atom is 0.305 e. The van der Waals surface area contributed by atoms with Crippen LogP contribution in [0.3, 0.4) is 0 Å². The summed E-state index contributed by atoms with van der Waals surface area (Å²) in [5.41, 5.74) is 1.16. The predicted molar refractivity (Wildman–Crippen MR) is 114 cm³/mol. The molecule has 0 spiro atoms. The average Bonchev–Trinajstić information content (AvgIpc) is 2.67. The van der Waals surface area contributed by atoms with Crippen LogP contribution in [0, 0.1) is 0 Å². The van der Waals surface area contributed by atoms with E-state index in [1.54, 1.807) is 0 Å². The number of esters is 1. The van der Waals surface area contributed by atoms with Crippen LogP contribution in [0.25, 0.3) is 6.08 Å². The van der Waals surface area contributed by atoms with Crippen molar-refractivity contribution in [3.05, 3.63) is 35.9 Å². The van der Waals surface area contributed by atoms with E-state index >= 15 is 0 Å². The molecule has 0 atom stereocenters. The summed E-state index contributed by atoms with van der Waals surface area (Å²) in [6.45, 7) is 5.06. The number of rotatable bonds is 16. The van der Waals surface area contributed by atoms with Crippen molar-refractivity contribution in [2.75, 3.05) is 13.2 Å². The van der Waals surface area contributed by atoms with E-state index in [1.165, 1.54) is 51.4 Å². The van der Waals surface area contributed by atoms with Crippen LogP contribution in [0.4, 0.5) is 0 Å². The molecule has 0 fully saturated rings. The molecule has 0 amide bonds. The molecule has 1 rings (SSSR count). The van der Waals surface area contributed by atoms with Crippen molar-refractivity contribution in [3.63, 3.8) is 0 Å². The van der Waals surface area contributed by atoms with Crippen molar-refractivity contribution in [3.8, 4) is 5.75 Å². The van der Waals surface area contributed by atoms with Gasteiger partial charge in [0.05, 0.1) is 13.2 Å². The Labute approximate surface area is 166 Å². The number of carbonyl (C=O) groups excluding carboxylic acids is 1. The summed E-state index contributed by atoms with van der Waals surface area (Å²) < 4.78 is 10.6. The number of allylic oxidation sites excluding steroid dienone is 1. The monoisotopic (exact) mass is 374 g/mol. The normalized spacial score (nSPS) is 11.0. The molecule has 0 unspecified atom stereocenters. The number of carbonyl (C=O) groups is 1. The standard InChI is InChI=1S/C24H38O3/c1-3-5-6-7-8-9-10-11-12-13-16-22-17-14-18-23(21-22)27-20-15-19-24(25)26-4-2/h13-14,16-18,21H,3-12,15,19-20H2,1-2H3/b16-13+. The van der Waals surface area contributed by atoms with Crippen molar-refractivity contribution < 1.29 is 14.3 Å². The zero-order valence-corrected chi connectivity index (χ0v) is 17.4. The van der Waals surface area contributed by atoms with Gasteiger partial charge < -0.3 is 9.47 Å². The minimum Gasteiger partial charge on any atom is -0.494 e. The molecule has 1 aromatic rings. The van der Waals surface area contributed by atoms with Crippen LogP contribution in [-0.2, 0) is 9.53 Å². The Hall–Kier alpha value is -1.77. The molecule has 0 N–H and O–H groups in total. The largest absolute Gasteiger partial charge is 0.494 e. The molecule has 27 heavy (non-hydrogen) atoms. The van der Waals surface area contributed by atoms with Crippen LogP contribution < -0.4 is 4.74 Å². The van der Waals surface area contributed by atoms with E-state index in [1.807, 2.05) is 19.1 Å². The first-order chi connectivity index (χ1) is 13.3. The fourth-order valence-electron chi connectivity index (χ4n) is 2.96. The Morgan fingerprint density at radius 3 is 2.44 bits per heavy atom. The Morgan fingerprint density at radius 2 is 1.70 bits per heavy atom. The van der Waals surface area contributed by atoms with Gasteiger partial charge in [-0.2, -0.15) is 0 Å². The molecule has 0 saturated carbocycles. The fourth-order valence-corrected chi connectivity index (χ4v) is 2.96. The zero-order valence-electron chi connectivity index (χ0n) is 17.4. The molecular formula is C24H38O3. The first-order valence-corrected chi connectivity index (χ1v) is 10.8. The summed E-state index contributed by atoms with van der Waals surface area (Å²) in [6, 6.07) is 8.11. The van der Waals surface area contributed by atoms with Crippen molar-refractivity contribution in [2.24, 2.45) is 0 Å². The predicted octanol–water partition coefficient (Wildman–Crippen LogP) is 6.95. The van der Waals surface area contributed by atoms with Gasteiger partial charge in [0.25, 0.3) is 0 Å². The van der Waals surface area contributed by atoms with Crippen LogP contribution in [0.15, 0.2) is 30.3 Å². The average molecular weight is 375 g/mol. The quantitative estimate of drug-likeness (QED) is 0.232. The second-order valence-electron chi connectivity index (χ2n) is 7.00. The maximum atomic E-state index is 11.3. The smallest absolute Gasteiger partial charge is 0.305 e. The Morgan fingerprint density at radius 1 is 0.963 bits per heavy atom. The highest BCUT2D eigenvalue weighted by Gasteiger charge is 2.01. The molecular weight excluding hydrogens is 336 g/mol. The summed E-state index contributed by atoms with van der Waals surface area (Å²) in [7, 11) is 0. The second-order valence-corrected chi connectivity index (χ2v) is 7.00. The molecule has 3 heteroatoms. The first kappa shape index (κ1) is 23.3. The lowest BCUT2D eigenvalue weighted by Gasteiger charge is -2.07. The second kappa shape index (κ2) is 16.4. The van der Waals surface area contributed by atoms with Crippen molar-refractivity contribution >= 4 is 12.0 Å². The molecule has 0 aliphatic rings. The molecule has 0 bridgehead atoms. The molecule has 152 valence electrons. The zero-order chi connectivity index (χ0) is 19.6. The van der Waals surface area contributed by atoms with Crippen LogP contribution in [0.5, 0.6) is 5.75 Å². The maximum absolute atomic E-state index is 11.3. The number of hydrogen-bond acceptors (Lipinski definition) is 3. The summed E-state index contributed by atoms with van der Waals surface area (Å²) in [5, 5.41) is 0. The van der Waals surface area contributed by atoms with Crippen LogP contribution in [0.2, 0.25) is 0 Å². The Bertz CT molecular complexity index is 522. The lowest BCUT2D eigenvalue weighted by molar-refractivity contribution is -0.143. The van der Waals surface area contributed by atoms with Gasteiger partial charge in [0, 0.05) is 6.42 Å². The summed E-state index contributed by atoms with van der Waals surface area (Å²) >= 11 is 0. The van der Waals surface area contributed by atoms with Gasteiger partial charge in [-0.3, -0.25) is 4.79 Å². The van der Waals surface area contributed by atoms with Gasteiger partial charge in [0.2, 0.25) is 0 Å². The van der Waals surface area contributed by atoms with Crippen molar-refractivity contribution in [1.29, 1.82) is 0 Å². The molecule has 0 aliphatic heterocycles. The van der Waals surface area contributed by atoms with Crippen LogP contribution in [-0.4, -0.2) is 19.2 Å². The highest BCUT2D eigenvalue weighted by atomic mass is 16.5. The number of hydrogen-bond donors (Lipinski definition) is 0. The van der Waals surface area contributed by atoms with Gasteiger partial charge in [-0.25, -0.2) is 0 Å². The number of unbranched alkanes of at least 4 members (excludes halogenated alkanes) is 8. The van der Waals surface area contributed by atoms with E-state index < -0.39 is 0 Å². The minimum absolute atomic E-state index is 0.154. The molecule has 0 radical (unpaired) electrons. The van der Waals surface area contributed by atoms with Crippen molar-refractivity contribution in [2.45, 2.75) is 84.5 Å². The van der Waals surface area contributed by atoms with E-state index in [2.05, 4.69) is 31.2 Å². The molecule has 3 nitrogen and oxygen atoms in total. The van der Waals surface area contributed by atoms with E-state index in [4.69, 9.17) is 9.47 Å². The van der Waals surface area contributed by atoms with Gasteiger partial charge >= 0.3 is 5.97 Å². The van der Waals surface area contributed by atoms with Gasteiger partial charge in [0.15, 0.2) is 0 Å². The highest BCUT2D eigenvalue weighted by molar-refractivity contribution is 5.69. The molecule has 0 aliphatic carbocycles. The topological polar surface area (TPSA) is 35.5 Å². The molecule has 1 aromatic carbocycles. The molecule has 0 saturated heterocycles. The van der Waals surface area contributed by atoms with Gasteiger partial charge in [-0.05, 0) is 43.9 Å². The summed E-state index contributed by atoms with van der Waals surface area (Å²) in [5.74, 6) is 0.701. The van der Waals surface area contributed by atoms with E-state index in [0.717, 1.165) is 17.7 Å². The number of benzene rings is 1. The van der Waals surface area contributed by atoms with Gasteiger partial charge in [-0.15, -0.1) is 0 Å². The van der Waals surface area contributed by atoms with Gasteiger partial charge in [-0.1, -0.05) is 76.2 Å². The summed E-state index contributed by atoms with van der Waals surface area (Å²) in [4.78, 5) is 11.3. The SMILES string of the molecule is CCCCCCCCCC/C=C/c1cccc(OCCCC(=O)OCC)c1. The minimum atomic E-state index is -0.154. The van der Waals surface area contributed by atoms with Crippen LogP contribution in [0.1, 0.15) is 90.0 Å². The number of ether oxygens (including phenoxy) is 2. The van der Waals surface area contributed by atoms with E-state index in [0.29, 0.717) is 26.1 Å². The van der Waals surface area contributed by atoms with E-state index in [9.17, 15) is 4.79 Å².